The average Bonchev–Trinajstić information content (AvgIpc) is 2.30. The van der Waals surface area contributed by atoms with E-state index >= 15 is 0 Å². The number of ether oxygens (including phenoxy) is 1. The Balaban J connectivity index is 2.04. The average molecular weight is 313 g/mol. The lowest BCUT2D eigenvalue weighted by atomic mass is 10.2. The monoisotopic (exact) mass is 311 g/mol. The number of hydrogen-bond donors (Lipinski definition) is 1. The molecule has 4 heteroatoms. The Hall–Kier alpha value is -1.19. The predicted molar refractivity (Wildman–Crippen MR) is 74.3 cm³/mol. The highest BCUT2D eigenvalue weighted by atomic mass is 79.9. The molecule has 0 aliphatic heterocycles. The zero-order valence-electron chi connectivity index (χ0n) is 8.99. The molecule has 0 unspecified atom stereocenters. The zero-order chi connectivity index (χ0) is 12.3. The fraction of sp³-hybridized carbons (Fsp3) is 0.0769. The molecule has 0 heterocycles. The van der Waals surface area contributed by atoms with Crippen LogP contribution in [0.2, 0.25) is 5.02 Å². The minimum absolute atomic E-state index is 0.489. The van der Waals surface area contributed by atoms with Gasteiger partial charge in [0.15, 0.2) is 0 Å². The van der Waals surface area contributed by atoms with Gasteiger partial charge in [-0.15, -0.1) is 0 Å². The summed E-state index contributed by atoms with van der Waals surface area (Å²) in [7, 11) is 0. The quantitative estimate of drug-likeness (QED) is 0.859. The Bertz CT molecular complexity index is 513. The molecule has 0 aliphatic carbocycles. The standard InChI is InChI=1S/C13H11BrClNO/c14-13-7-11(16)4-1-9(13)8-17-12-5-2-10(15)3-6-12/h1-7H,8,16H2. The summed E-state index contributed by atoms with van der Waals surface area (Å²) < 4.78 is 6.59. The van der Waals surface area contributed by atoms with Crippen LogP contribution in [0.4, 0.5) is 5.69 Å². The van der Waals surface area contributed by atoms with Crippen molar-refractivity contribution in [3.63, 3.8) is 0 Å². The van der Waals surface area contributed by atoms with Crippen molar-refractivity contribution < 1.29 is 4.74 Å². The molecule has 2 nitrogen and oxygen atoms in total. The minimum atomic E-state index is 0.489. The summed E-state index contributed by atoms with van der Waals surface area (Å²) in [6, 6.07) is 12.9. The molecule has 0 saturated carbocycles. The van der Waals surface area contributed by atoms with E-state index in [1.165, 1.54) is 0 Å². The largest absolute Gasteiger partial charge is 0.489 e. The second-order valence-corrected chi connectivity index (χ2v) is 4.88. The maximum Gasteiger partial charge on any atom is 0.119 e. The van der Waals surface area contributed by atoms with Gasteiger partial charge in [-0.1, -0.05) is 33.6 Å². The van der Waals surface area contributed by atoms with E-state index in [0.29, 0.717) is 11.6 Å². The van der Waals surface area contributed by atoms with E-state index in [1.807, 2.05) is 30.3 Å². The number of benzene rings is 2. The van der Waals surface area contributed by atoms with E-state index < -0.39 is 0 Å². The molecule has 0 spiro atoms. The molecule has 2 N–H and O–H groups in total. The van der Waals surface area contributed by atoms with Crippen molar-refractivity contribution in [1.29, 1.82) is 0 Å². The van der Waals surface area contributed by atoms with Crippen LogP contribution in [0, 0.1) is 0 Å². The Morgan fingerprint density at radius 2 is 1.82 bits per heavy atom. The molecule has 0 fully saturated rings. The molecule has 88 valence electrons. The highest BCUT2D eigenvalue weighted by molar-refractivity contribution is 9.10. The van der Waals surface area contributed by atoms with Gasteiger partial charge in [0.25, 0.3) is 0 Å². The van der Waals surface area contributed by atoms with Crippen LogP contribution in [0.25, 0.3) is 0 Å². The summed E-state index contributed by atoms with van der Waals surface area (Å²) >= 11 is 9.25. The van der Waals surface area contributed by atoms with Gasteiger partial charge >= 0.3 is 0 Å². The van der Waals surface area contributed by atoms with Gasteiger partial charge in [-0.25, -0.2) is 0 Å². The summed E-state index contributed by atoms with van der Waals surface area (Å²) in [5.41, 5.74) is 7.44. The Labute approximate surface area is 113 Å². The summed E-state index contributed by atoms with van der Waals surface area (Å²) in [6.07, 6.45) is 0. The second kappa shape index (κ2) is 5.43. The molecule has 2 rings (SSSR count). The molecule has 0 aromatic heterocycles. The third kappa shape index (κ3) is 3.38. The number of anilines is 1. The van der Waals surface area contributed by atoms with Crippen LogP contribution in [-0.2, 0) is 6.61 Å². The molecule has 0 bridgehead atoms. The summed E-state index contributed by atoms with van der Waals surface area (Å²) in [5, 5.41) is 0.700. The van der Waals surface area contributed by atoms with E-state index in [4.69, 9.17) is 22.1 Å². The minimum Gasteiger partial charge on any atom is -0.489 e. The Morgan fingerprint density at radius 1 is 1.12 bits per heavy atom. The second-order valence-electron chi connectivity index (χ2n) is 3.59. The van der Waals surface area contributed by atoms with Crippen LogP contribution in [-0.4, -0.2) is 0 Å². The molecule has 0 aliphatic rings. The molecular weight excluding hydrogens is 302 g/mol. The normalized spacial score (nSPS) is 10.2. The van der Waals surface area contributed by atoms with E-state index in [2.05, 4.69) is 15.9 Å². The van der Waals surface area contributed by atoms with E-state index in [9.17, 15) is 0 Å². The summed E-state index contributed by atoms with van der Waals surface area (Å²) in [4.78, 5) is 0. The van der Waals surface area contributed by atoms with Crippen LogP contribution in [0.1, 0.15) is 5.56 Å². The first-order valence-corrected chi connectivity index (χ1v) is 6.24. The fourth-order valence-corrected chi connectivity index (χ4v) is 2.01. The van der Waals surface area contributed by atoms with Gasteiger partial charge < -0.3 is 10.5 Å². The van der Waals surface area contributed by atoms with Crippen molar-refractivity contribution in [3.05, 3.63) is 57.5 Å². The summed E-state index contributed by atoms with van der Waals surface area (Å²) in [5.74, 6) is 0.790. The smallest absolute Gasteiger partial charge is 0.119 e. The van der Waals surface area contributed by atoms with Crippen molar-refractivity contribution >= 4 is 33.2 Å². The van der Waals surface area contributed by atoms with Gasteiger partial charge in [0.2, 0.25) is 0 Å². The lowest BCUT2D eigenvalue weighted by Crippen LogP contribution is -1.97. The van der Waals surface area contributed by atoms with E-state index in [1.54, 1.807) is 12.1 Å². The lowest BCUT2D eigenvalue weighted by molar-refractivity contribution is 0.305. The summed E-state index contributed by atoms with van der Waals surface area (Å²) in [6.45, 7) is 0.489. The van der Waals surface area contributed by atoms with Crippen molar-refractivity contribution in [2.24, 2.45) is 0 Å². The van der Waals surface area contributed by atoms with E-state index in [0.717, 1.165) is 21.5 Å². The van der Waals surface area contributed by atoms with Gasteiger partial charge in [-0.05, 0) is 36.4 Å². The van der Waals surface area contributed by atoms with Gasteiger partial charge in [0.1, 0.15) is 12.4 Å². The highest BCUT2D eigenvalue weighted by Gasteiger charge is 2.01. The van der Waals surface area contributed by atoms with Gasteiger partial charge in [0, 0.05) is 20.7 Å². The van der Waals surface area contributed by atoms with Crippen LogP contribution in [0.3, 0.4) is 0 Å². The molecule has 0 atom stereocenters. The van der Waals surface area contributed by atoms with Crippen molar-refractivity contribution in [2.75, 3.05) is 5.73 Å². The first kappa shape index (κ1) is 12.3. The lowest BCUT2D eigenvalue weighted by Gasteiger charge is -2.08. The number of nitrogen functional groups attached to an aromatic ring is 1. The molecule has 0 saturated heterocycles. The van der Waals surface area contributed by atoms with Crippen LogP contribution < -0.4 is 10.5 Å². The van der Waals surface area contributed by atoms with Crippen LogP contribution in [0.15, 0.2) is 46.9 Å². The fourth-order valence-electron chi connectivity index (χ4n) is 1.37. The van der Waals surface area contributed by atoms with E-state index in [-0.39, 0.29) is 0 Å². The van der Waals surface area contributed by atoms with Crippen LogP contribution >= 0.6 is 27.5 Å². The molecule has 0 radical (unpaired) electrons. The number of halogens is 2. The molecule has 2 aromatic rings. The van der Waals surface area contributed by atoms with Crippen molar-refractivity contribution in [2.45, 2.75) is 6.61 Å². The number of nitrogens with two attached hydrogens (primary N) is 1. The first-order chi connectivity index (χ1) is 8.15. The third-order valence-electron chi connectivity index (χ3n) is 2.29. The Kier molecular flexibility index (Phi) is 3.92. The molecule has 2 aromatic carbocycles. The third-order valence-corrected chi connectivity index (χ3v) is 3.28. The van der Waals surface area contributed by atoms with Gasteiger partial charge in [0.05, 0.1) is 0 Å². The maximum atomic E-state index is 5.79. The van der Waals surface area contributed by atoms with Crippen molar-refractivity contribution in [1.82, 2.24) is 0 Å². The SMILES string of the molecule is Nc1ccc(COc2ccc(Cl)cc2)c(Br)c1. The molecule has 17 heavy (non-hydrogen) atoms. The highest BCUT2D eigenvalue weighted by Crippen LogP contribution is 2.22. The van der Waals surface area contributed by atoms with Crippen molar-refractivity contribution in [3.8, 4) is 5.75 Å². The number of rotatable bonds is 3. The molecule has 0 amide bonds. The first-order valence-electron chi connectivity index (χ1n) is 5.07. The Morgan fingerprint density at radius 3 is 2.47 bits per heavy atom. The molecular formula is C13H11BrClNO. The number of hydrogen-bond acceptors (Lipinski definition) is 2. The topological polar surface area (TPSA) is 35.2 Å². The van der Waals surface area contributed by atoms with Gasteiger partial charge in [-0.3, -0.25) is 0 Å². The predicted octanol–water partition coefficient (Wildman–Crippen LogP) is 4.26. The maximum absolute atomic E-state index is 5.79. The zero-order valence-corrected chi connectivity index (χ0v) is 11.3. The van der Waals surface area contributed by atoms with Gasteiger partial charge in [-0.2, -0.15) is 0 Å². The van der Waals surface area contributed by atoms with Crippen LogP contribution in [0.5, 0.6) is 5.75 Å².